The van der Waals surface area contributed by atoms with Crippen LogP contribution in [0.15, 0.2) is 18.2 Å². The predicted molar refractivity (Wildman–Crippen MR) is 80.7 cm³/mol. The monoisotopic (exact) mass is 317 g/mol. The van der Waals surface area contributed by atoms with E-state index in [1.54, 1.807) is 15.9 Å². The van der Waals surface area contributed by atoms with Gasteiger partial charge in [0.15, 0.2) is 0 Å². The van der Waals surface area contributed by atoms with Crippen LogP contribution in [0.5, 0.6) is 0 Å². The number of carbonyl (C=O) groups excluding carboxylic acids is 2. The van der Waals surface area contributed by atoms with E-state index in [0.717, 1.165) is 11.1 Å². The van der Waals surface area contributed by atoms with Gasteiger partial charge < -0.3 is 14.6 Å². The lowest BCUT2D eigenvalue weighted by molar-refractivity contribution is 0.0611. The highest BCUT2D eigenvalue weighted by atomic mass is 19.1. The number of aryl methyl sites for hydroxylation is 1. The minimum Gasteiger partial charge on any atom is -0.447 e. The topological polar surface area (TPSA) is 65.6 Å². The van der Waals surface area contributed by atoms with Crippen molar-refractivity contribution >= 4 is 22.9 Å². The highest BCUT2D eigenvalue weighted by Crippen LogP contribution is 2.25. The zero-order valence-corrected chi connectivity index (χ0v) is 12.6. The molecule has 1 aromatic heterocycles. The van der Waals surface area contributed by atoms with Crippen molar-refractivity contribution in [1.82, 2.24) is 14.8 Å². The molecule has 23 heavy (non-hydrogen) atoms. The van der Waals surface area contributed by atoms with Crippen LogP contribution < -0.4 is 0 Å². The molecule has 2 aliphatic rings. The normalized spacial score (nSPS) is 20.8. The van der Waals surface area contributed by atoms with E-state index in [1.165, 1.54) is 12.1 Å². The first-order chi connectivity index (χ1) is 11.0. The molecule has 0 aliphatic carbocycles. The number of aromatic nitrogens is 1. The Morgan fingerprint density at radius 2 is 2.22 bits per heavy atom. The number of benzene rings is 1. The third-order valence-electron chi connectivity index (χ3n) is 4.64. The van der Waals surface area contributed by atoms with Crippen molar-refractivity contribution < 1.29 is 18.7 Å². The van der Waals surface area contributed by atoms with Crippen molar-refractivity contribution in [3.05, 3.63) is 35.3 Å². The number of rotatable bonds is 1. The van der Waals surface area contributed by atoms with E-state index in [9.17, 15) is 14.0 Å². The Morgan fingerprint density at radius 1 is 1.39 bits per heavy atom. The molecule has 3 heterocycles. The van der Waals surface area contributed by atoms with E-state index in [4.69, 9.17) is 4.74 Å². The Kier molecular flexibility index (Phi) is 3.04. The molecular formula is C16H16FN3O3. The first-order valence-corrected chi connectivity index (χ1v) is 7.55. The minimum absolute atomic E-state index is 0.0812. The molecule has 0 spiro atoms. The Labute approximate surface area is 131 Å². The van der Waals surface area contributed by atoms with E-state index in [-0.39, 0.29) is 23.9 Å². The molecule has 2 fully saturated rings. The van der Waals surface area contributed by atoms with Crippen molar-refractivity contribution in [3.8, 4) is 0 Å². The predicted octanol–water partition coefficient (Wildman–Crippen LogP) is 1.89. The summed E-state index contributed by atoms with van der Waals surface area (Å²) in [6, 6.07) is 4.35. The van der Waals surface area contributed by atoms with Crippen molar-refractivity contribution in [2.24, 2.45) is 0 Å². The number of nitrogens with zero attached hydrogens (tertiary/aromatic N) is 2. The minimum atomic E-state index is -0.325. The number of carbonyl (C=O) groups is 2. The number of hydrogen-bond donors (Lipinski definition) is 1. The summed E-state index contributed by atoms with van der Waals surface area (Å²) in [7, 11) is 0. The summed E-state index contributed by atoms with van der Waals surface area (Å²) in [6.45, 7) is 3.52. The number of piperazine rings is 1. The number of cyclic esters (lactones) is 1. The summed E-state index contributed by atoms with van der Waals surface area (Å²) in [5, 5.41) is 0.714. The highest BCUT2D eigenvalue weighted by molar-refractivity contribution is 6.01. The van der Waals surface area contributed by atoms with Gasteiger partial charge in [0.1, 0.15) is 18.1 Å². The number of aromatic amines is 1. The van der Waals surface area contributed by atoms with E-state index < -0.39 is 0 Å². The summed E-state index contributed by atoms with van der Waals surface area (Å²) in [5.41, 5.74) is 1.96. The average Bonchev–Trinajstić information content (AvgIpc) is 3.08. The zero-order valence-electron chi connectivity index (χ0n) is 12.6. The van der Waals surface area contributed by atoms with Crippen LogP contribution in [-0.2, 0) is 4.74 Å². The Hall–Kier alpha value is -2.57. The molecule has 120 valence electrons. The largest absolute Gasteiger partial charge is 0.447 e. The quantitative estimate of drug-likeness (QED) is 0.873. The van der Waals surface area contributed by atoms with Crippen molar-refractivity contribution in [1.29, 1.82) is 0 Å². The van der Waals surface area contributed by atoms with Crippen LogP contribution in [0.4, 0.5) is 9.18 Å². The first-order valence-electron chi connectivity index (χ1n) is 7.55. The maximum absolute atomic E-state index is 13.4. The summed E-state index contributed by atoms with van der Waals surface area (Å²) < 4.78 is 18.4. The number of H-pyrrole nitrogens is 1. The smallest absolute Gasteiger partial charge is 0.410 e. The van der Waals surface area contributed by atoms with E-state index >= 15 is 0 Å². The zero-order chi connectivity index (χ0) is 16.1. The molecule has 0 saturated carbocycles. The molecule has 0 bridgehead atoms. The van der Waals surface area contributed by atoms with Gasteiger partial charge >= 0.3 is 6.09 Å². The van der Waals surface area contributed by atoms with Crippen LogP contribution in [0.1, 0.15) is 16.1 Å². The Morgan fingerprint density at radius 3 is 3.04 bits per heavy atom. The summed E-state index contributed by atoms with van der Waals surface area (Å²) in [6.07, 6.45) is -0.306. The fraction of sp³-hybridized carbons (Fsp3) is 0.375. The third kappa shape index (κ3) is 2.15. The van der Waals surface area contributed by atoms with Crippen molar-refractivity contribution in [2.75, 3.05) is 26.2 Å². The van der Waals surface area contributed by atoms with Crippen LogP contribution in [-0.4, -0.2) is 59.1 Å². The second-order valence-corrected chi connectivity index (χ2v) is 5.99. The summed E-state index contributed by atoms with van der Waals surface area (Å²) in [5.74, 6) is -0.452. The average molecular weight is 317 g/mol. The lowest BCUT2D eigenvalue weighted by atomic mass is 10.1. The molecule has 1 N–H and O–H groups in total. The molecule has 0 radical (unpaired) electrons. The van der Waals surface area contributed by atoms with Crippen LogP contribution in [0.3, 0.4) is 0 Å². The SMILES string of the molecule is Cc1c(C(=O)N2CCN3C(=O)OC[C@@H]3C2)[nH]c2ccc(F)cc12. The van der Waals surface area contributed by atoms with Gasteiger partial charge in [0.25, 0.3) is 5.91 Å². The number of nitrogens with one attached hydrogen (secondary N) is 1. The van der Waals surface area contributed by atoms with Gasteiger partial charge in [-0.1, -0.05) is 0 Å². The third-order valence-corrected chi connectivity index (χ3v) is 4.64. The first kappa shape index (κ1) is 14.0. The lowest BCUT2D eigenvalue weighted by Crippen LogP contribution is -2.53. The molecule has 7 heteroatoms. The van der Waals surface area contributed by atoms with Crippen molar-refractivity contribution in [3.63, 3.8) is 0 Å². The molecule has 6 nitrogen and oxygen atoms in total. The molecule has 2 saturated heterocycles. The van der Waals surface area contributed by atoms with Crippen LogP contribution in [0.2, 0.25) is 0 Å². The van der Waals surface area contributed by atoms with Crippen molar-refractivity contribution in [2.45, 2.75) is 13.0 Å². The van der Waals surface area contributed by atoms with Gasteiger partial charge in [-0.25, -0.2) is 9.18 Å². The molecule has 2 aromatic rings. The van der Waals surface area contributed by atoms with Crippen LogP contribution in [0.25, 0.3) is 10.9 Å². The number of hydrogen-bond acceptors (Lipinski definition) is 3. The van der Waals surface area contributed by atoms with E-state index in [2.05, 4.69) is 4.98 Å². The Balaban J connectivity index is 1.62. The van der Waals surface area contributed by atoms with E-state index in [1.807, 2.05) is 6.92 Å². The molecule has 2 amide bonds. The van der Waals surface area contributed by atoms with Gasteiger partial charge in [-0.3, -0.25) is 9.69 Å². The van der Waals surface area contributed by atoms with Gasteiger partial charge in [0, 0.05) is 30.5 Å². The van der Waals surface area contributed by atoms with E-state index in [0.29, 0.717) is 37.3 Å². The lowest BCUT2D eigenvalue weighted by Gasteiger charge is -2.35. The fourth-order valence-electron chi connectivity index (χ4n) is 3.34. The molecule has 0 unspecified atom stereocenters. The molecule has 2 aliphatic heterocycles. The number of halogens is 1. The second-order valence-electron chi connectivity index (χ2n) is 5.99. The van der Waals surface area contributed by atoms with Gasteiger partial charge in [0.2, 0.25) is 0 Å². The molecule has 4 rings (SSSR count). The number of fused-ring (bicyclic) bond motifs is 2. The summed E-state index contributed by atoms with van der Waals surface area (Å²) >= 11 is 0. The molecule has 1 aromatic carbocycles. The van der Waals surface area contributed by atoms with Gasteiger partial charge in [0.05, 0.1) is 6.04 Å². The Bertz CT molecular complexity index is 816. The van der Waals surface area contributed by atoms with Gasteiger partial charge in [-0.15, -0.1) is 0 Å². The standard InChI is InChI=1S/C16H16FN3O3/c1-9-12-6-10(17)2-3-13(12)18-14(9)15(21)19-4-5-20-11(7-19)8-23-16(20)22/h2-3,6,11,18H,4-5,7-8H2,1H3/t11-/m0/s1. The maximum Gasteiger partial charge on any atom is 0.410 e. The van der Waals surface area contributed by atoms with Gasteiger partial charge in [-0.2, -0.15) is 0 Å². The molecular weight excluding hydrogens is 301 g/mol. The highest BCUT2D eigenvalue weighted by Gasteiger charge is 2.39. The molecule has 1 atom stereocenters. The maximum atomic E-state index is 13.4. The van der Waals surface area contributed by atoms with Gasteiger partial charge in [-0.05, 0) is 30.7 Å². The summed E-state index contributed by atoms with van der Waals surface area (Å²) in [4.78, 5) is 30.8. The number of amides is 2. The second kappa shape index (κ2) is 4.97. The fourth-order valence-corrected chi connectivity index (χ4v) is 3.34. The number of ether oxygens (including phenoxy) is 1. The van der Waals surface area contributed by atoms with Crippen LogP contribution in [0, 0.1) is 12.7 Å². The van der Waals surface area contributed by atoms with Crippen LogP contribution >= 0.6 is 0 Å².